The molecule has 2 aromatic rings. The minimum Gasteiger partial charge on any atom is -0.497 e. The van der Waals surface area contributed by atoms with Gasteiger partial charge in [-0.05, 0) is 23.8 Å². The van der Waals surface area contributed by atoms with Gasteiger partial charge < -0.3 is 25.3 Å². The first-order valence-corrected chi connectivity index (χ1v) is 9.85. The van der Waals surface area contributed by atoms with Crippen LogP contribution in [-0.2, 0) is 4.74 Å². The van der Waals surface area contributed by atoms with Crippen LogP contribution in [0.5, 0.6) is 11.5 Å². The second kappa shape index (κ2) is 12.2. The second-order valence-electron chi connectivity index (χ2n) is 6.60. The van der Waals surface area contributed by atoms with E-state index in [2.05, 4.69) is 15.2 Å². The van der Waals surface area contributed by atoms with Crippen molar-refractivity contribution in [3.05, 3.63) is 53.1 Å². The van der Waals surface area contributed by atoms with Crippen LogP contribution in [0, 0.1) is 0 Å². The molecule has 0 aliphatic carbocycles. The fourth-order valence-corrected chi connectivity index (χ4v) is 3.58. The highest BCUT2D eigenvalue weighted by Crippen LogP contribution is 2.30. The fraction of sp³-hybridized carbons (Fsp3) is 0.381. The predicted molar refractivity (Wildman–Crippen MR) is 132 cm³/mol. The van der Waals surface area contributed by atoms with Gasteiger partial charge in [0.05, 0.1) is 45.7 Å². The van der Waals surface area contributed by atoms with Crippen molar-refractivity contribution < 1.29 is 14.2 Å². The van der Waals surface area contributed by atoms with Crippen LogP contribution in [0.2, 0.25) is 5.02 Å². The summed E-state index contributed by atoms with van der Waals surface area (Å²) in [7, 11) is 3.21. The van der Waals surface area contributed by atoms with Crippen molar-refractivity contribution in [3.8, 4) is 11.5 Å². The molecular formula is C21H28ClIN4O3. The van der Waals surface area contributed by atoms with E-state index in [1.165, 1.54) is 0 Å². The Morgan fingerprint density at radius 1 is 1.20 bits per heavy atom. The number of nitrogens with one attached hydrogen (secondary N) is 1. The van der Waals surface area contributed by atoms with Gasteiger partial charge >= 0.3 is 0 Å². The number of anilines is 1. The fourth-order valence-electron chi connectivity index (χ4n) is 3.32. The van der Waals surface area contributed by atoms with E-state index in [4.69, 9.17) is 31.5 Å². The summed E-state index contributed by atoms with van der Waals surface area (Å²) in [6.07, 6.45) is 0. The van der Waals surface area contributed by atoms with Crippen LogP contribution in [0.3, 0.4) is 0 Å². The summed E-state index contributed by atoms with van der Waals surface area (Å²) in [5, 5.41) is 3.83. The normalized spacial score (nSPS) is 15.8. The van der Waals surface area contributed by atoms with E-state index < -0.39 is 0 Å². The van der Waals surface area contributed by atoms with E-state index >= 15 is 0 Å². The number of nitrogens with two attached hydrogens (primary N) is 1. The Balaban J connectivity index is 0.00000320. The molecule has 9 heteroatoms. The van der Waals surface area contributed by atoms with Crippen molar-refractivity contribution in [1.82, 2.24) is 4.90 Å². The maximum atomic E-state index is 6.47. The molecular weight excluding hydrogens is 519 g/mol. The van der Waals surface area contributed by atoms with E-state index in [0.717, 1.165) is 23.7 Å². The zero-order chi connectivity index (χ0) is 20.6. The van der Waals surface area contributed by atoms with Gasteiger partial charge in [0, 0.05) is 24.2 Å². The molecule has 0 spiro atoms. The van der Waals surface area contributed by atoms with Crippen LogP contribution < -0.4 is 20.5 Å². The van der Waals surface area contributed by atoms with Gasteiger partial charge in [0.2, 0.25) is 0 Å². The predicted octanol–water partition coefficient (Wildman–Crippen LogP) is 3.78. The van der Waals surface area contributed by atoms with E-state index in [0.29, 0.717) is 42.9 Å². The number of ether oxygens (including phenoxy) is 3. The number of methoxy groups -OCH3 is 2. The number of hydrogen-bond acceptors (Lipinski definition) is 5. The van der Waals surface area contributed by atoms with Gasteiger partial charge in [0.25, 0.3) is 0 Å². The number of rotatable bonds is 7. The lowest BCUT2D eigenvalue weighted by Gasteiger charge is -2.34. The van der Waals surface area contributed by atoms with Crippen molar-refractivity contribution in [2.45, 2.75) is 6.04 Å². The number of benzene rings is 2. The number of morpholine rings is 1. The van der Waals surface area contributed by atoms with E-state index in [9.17, 15) is 0 Å². The van der Waals surface area contributed by atoms with Crippen LogP contribution in [0.15, 0.2) is 47.5 Å². The SMILES string of the molecule is COc1ccc(OC)c(NC(N)=NCC(c2ccccc2Cl)N2CCOCC2)c1.I. The van der Waals surface area contributed by atoms with Crippen molar-refractivity contribution in [3.63, 3.8) is 0 Å². The van der Waals surface area contributed by atoms with Gasteiger partial charge in [-0.15, -0.1) is 24.0 Å². The largest absolute Gasteiger partial charge is 0.497 e. The molecule has 0 radical (unpaired) electrons. The molecule has 3 N–H and O–H groups in total. The Kier molecular flexibility index (Phi) is 9.96. The van der Waals surface area contributed by atoms with Gasteiger partial charge in [-0.25, -0.2) is 0 Å². The van der Waals surface area contributed by atoms with E-state index in [1.54, 1.807) is 14.2 Å². The Hall–Kier alpha value is -1.75. The highest BCUT2D eigenvalue weighted by molar-refractivity contribution is 14.0. The molecule has 7 nitrogen and oxygen atoms in total. The lowest BCUT2D eigenvalue weighted by Crippen LogP contribution is -2.40. The van der Waals surface area contributed by atoms with E-state index in [1.807, 2.05) is 42.5 Å². The molecule has 1 aliphatic heterocycles. The first kappa shape index (κ1) is 24.5. The molecule has 1 aliphatic rings. The highest BCUT2D eigenvalue weighted by Gasteiger charge is 2.24. The van der Waals surface area contributed by atoms with Gasteiger partial charge in [-0.1, -0.05) is 29.8 Å². The molecule has 0 amide bonds. The molecule has 1 unspecified atom stereocenters. The molecule has 0 bridgehead atoms. The monoisotopic (exact) mass is 546 g/mol. The third-order valence-electron chi connectivity index (χ3n) is 4.85. The maximum absolute atomic E-state index is 6.47. The van der Waals surface area contributed by atoms with Gasteiger partial charge in [0.15, 0.2) is 5.96 Å². The van der Waals surface area contributed by atoms with Crippen molar-refractivity contribution in [2.24, 2.45) is 10.7 Å². The zero-order valence-electron chi connectivity index (χ0n) is 17.1. The highest BCUT2D eigenvalue weighted by atomic mass is 127. The zero-order valence-corrected chi connectivity index (χ0v) is 20.2. The smallest absolute Gasteiger partial charge is 0.193 e. The molecule has 164 valence electrons. The average molecular weight is 547 g/mol. The Morgan fingerprint density at radius 3 is 2.60 bits per heavy atom. The van der Waals surface area contributed by atoms with Crippen LogP contribution in [0.4, 0.5) is 5.69 Å². The molecule has 1 saturated heterocycles. The summed E-state index contributed by atoms with van der Waals surface area (Å²) >= 11 is 6.47. The summed E-state index contributed by atoms with van der Waals surface area (Å²) in [6.45, 7) is 3.50. The summed E-state index contributed by atoms with van der Waals surface area (Å²) in [6, 6.07) is 13.3. The third kappa shape index (κ3) is 6.37. The van der Waals surface area contributed by atoms with Gasteiger partial charge in [-0.3, -0.25) is 9.89 Å². The topological polar surface area (TPSA) is 81.3 Å². The van der Waals surface area contributed by atoms with Crippen molar-refractivity contribution in [1.29, 1.82) is 0 Å². The summed E-state index contributed by atoms with van der Waals surface area (Å²) in [4.78, 5) is 6.92. The number of guanidine groups is 1. The molecule has 30 heavy (non-hydrogen) atoms. The Labute approximate surface area is 199 Å². The van der Waals surface area contributed by atoms with E-state index in [-0.39, 0.29) is 30.0 Å². The maximum Gasteiger partial charge on any atom is 0.193 e. The Bertz CT molecular complexity index is 847. The number of hydrogen-bond donors (Lipinski definition) is 2. The second-order valence-corrected chi connectivity index (χ2v) is 7.01. The molecule has 1 heterocycles. The lowest BCUT2D eigenvalue weighted by molar-refractivity contribution is 0.0180. The molecule has 1 atom stereocenters. The number of aliphatic imine (C=N–C) groups is 1. The van der Waals surface area contributed by atoms with Crippen molar-refractivity contribution >= 4 is 47.2 Å². The van der Waals surface area contributed by atoms with Crippen molar-refractivity contribution in [2.75, 3.05) is 52.4 Å². The van der Waals surface area contributed by atoms with Gasteiger partial charge in [0.1, 0.15) is 11.5 Å². The summed E-state index contributed by atoms with van der Waals surface area (Å²) < 4.78 is 16.2. The average Bonchev–Trinajstić information content (AvgIpc) is 2.75. The molecule has 1 fully saturated rings. The third-order valence-corrected chi connectivity index (χ3v) is 5.20. The van der Waals surface area contributed by atoms with Crippen LogP contribution >= 0.6 is 35.6 Å². The molecule has 0 aromatic heterocycles. The van der Waals surface area contributed by atoms with Gasteiger partial charge in [-0.2, -0.15) is 0 Å². The molecule has 2 aromatic carbocycles. The van der Waals surface area contributed by atoms with Crippen LogP contribution in [-0.4, -0.2) is 57.9 Å². The number of nitrogens with zero attached hydrogens (tertiary/aromatic N) is 2. The Morgan fingerprint density at radius 2 is 1.93 bits per heavy atom. The minimum atomic E-state index is 0. The first-order valence-electron chi connectivity index (χ1n) is 9.47. The lowest BCUT2D eigenvalue weighted by atomic mass is 10.0. The van der Waals surface area contributed by atoms with Crippen LogP contribution in [0.1, 0.15) is 11.6 Å². The molecule has 0 saturated carbocycles. The van der Waals surface area contributed by atoms with Crippen LogP contribution in [0.25, 0.3) is 0 Å². The standard InChI is InChI=1S/C21H27ClN4O3.HI/c1-27-15-7-8-20(28-2)18(13-15)25-21(23)24-14-19(26-9-11-29-12-10-26)16-5-3-4-6-17(16)22;/h3-8,13,19H,9-12,14H2,1-2H3,(H3,23,24,25);1H. The first-order chi connectivity index (χ1) is 14.1. The molecule has 3 rings (SSSR count). The number of halogens is 2. The quantitative estimate of drug-likeness (QED) is 0.313. The summed E-state index contributed by atoms with van der Waals surface area (Å²) in [5.74, 6) is 1.64. The summed E-state index contributed by atoms with van der Waals surface area (Å²) in [5.41, 5.74) is 7.90. The minimum absolute atomic E-state index is 0.